The van der Waals surface area contributed by atoms with E-state index in [1.165, 1.54) is 0 Å². The van der Waals surface area contributed by atoms with Crippen molar-refractivity contribution in [3.63, 3.8) is 0 Å². The maximum absolute atomic E-state index is 11.2. The summed E-state index contributed by atoms with van der Waals surface area (Å²) in [6.07, 6.45) is 1.81. The maximum atomic E-state index is 11.2. The summed E-state index contributed by atoms with van der Waals surface area (Å²) >= 11 is 0. The highest BCUT2D eigenvalue weighted by Crippen LogP contribution is 1.98. The molecule has 1 aromatic heterocycles. The molecule has 0 atom stereocenters. The Labute approximate surface area is 88.6 Å². The Morgan fingerprint density at radius 3 is 3.07 bits per heavy atom. The third kappa shape index (κ3) is 4.46. The van der Waals surface area contributed by atoms with Crippen molar-refractivity contribution in [1.29, 1.82) is 0 Å². The molecule has 6 heteroatoms. The minimum Gasteiger partial charge on any atom is -0.383 e. The summed E-state index contributed by atoms with van der Waals surface area (Å²) in [4.78, 5) is 11.2. The van der Waals surface area contributed by atoms with E-state index >= 15 is 0 Å². The minimum absolute atomic E-state index is 0.0716. The molecule has 6 nitrogen and oxygen atoms in total. The predicted molar refractivity (Wildman–Crippen MR) is 56.6 cm³/mol. The molecule has 0 radical (unpaired) electrons. The van der Waals surface area contributed by atoms with E-state index in [2.05, 4.69) is 15.7 Å². The fraction of sp³-hybridized carbons (Fsp3) is 0.556. The van der Waals surface area contributed by atoms with Gasteiger partial charge in [-0.25, -0.2) is 0 Å². The molecule has 0 unspecified atom stereocenters. The van der Waals surface area contributed by atoms with Crippen LogP contribution in [0.3, 0.4) is 0 Å². The number of aromatic nitrogens is 2. The summed E-state index contributed by atoms with van der Waals surface area (Å²) in [5, 5.41) is 9.69. The molecule has 0 fully saturated rings. The molecular formula is C9H16N4O2. The van der Waals surface area contributed by atoms with Gasteiger partial charge in [0.2, 0.25) is 5.91 Å². The SMILES string of the molecule is COCCNC(=O)CNc1ccn(C)n1. The van der Waals surface area contributed by atoms with Crippen LogP contribution in [0.4, 0.5) is 5.82 Å². The van der Waals surface area contributed by atoms with Crippen LogP contribution in [0.1, 0.15) is 0 Å². The van der Waals surface area contributed by atoms with Crippen LogP contribution in [0.2, 0.25) is 0 Å². The van der Waals surface area contributed by atoms with Crippen molar-refractivity contribution < 1.29 is 9.53 Å². The molecule has 0 aliphatic rings. The molecule has 84 valence electrons. The quantitative estimate of drug-likeness (QED) is 0.629. The number of rotatable bonds is 6. The summed E-state index contributed by atoms with van der Waals surface area (Å²) in [6.45, 7) is 1.27. The number of nitrogens with one attached hydrogen (secondary N) is 2. The lowest BCUT2D eigenvalue weighted by molar-refractivity contribution is -0.119. The van der Waals surface area contributed by atoms with Crippen LogP contribution in [0.15, 0.2) is 12.3 Å². The summed E-state index contributed by atoms with van der Waals surface area (Å²) in [6, 6.07) is 1.81. The number of hydrogen-bond donors (Lipinski definition) is 2. The number of aryl methyl sites for hydroxylation is 1. The number of amides is 1. The normalized spacial score (nSPS) is 10.0. The van der Waals surface area contributed by atoms with Crippen molar-refractivity contribution in [2.24, 2.45) is 7.05 Å². The topological polar surface area (TPSA) is 68.2 Å². The van der Waals surface area contributed by atoms with Crippen molar-refractivity contribution in [2.75, 3.05) is 32.1 Å². The predicted octanol–water partition coefficient (Wildman–Crippen LogP) is -0.405. The third-order valence-electron chi connectivity index (χ3n) is 1.77. The Morgan fingerprint density at radius 1 is 1.67 bits per heavy atom. The van der Waals surface area contributed by atoms with Crippen molar-refractivity contribution in [3.05, 3.63) is 12.3 Å². The van der Waals surface area contributed by atoms with E-state index in [1.54, 1.807) is 11.8 Å². The van der Waals surface area contributed by atoms with Crippen LogP contribution in [-0.4, -0.2) is 42.5 Å². The van der Waals surface area contributed by atoms with Gasteiger partial charge < -0.3 is 15.4 Å². The van der Waals surface area contributed by atoms with Crippen molar-refractivity contribution in [2.45, 2.75) is 0 Å². The molecule has 0 bridgehead atoms. The zero-order chi connectivity index (χ0) is 11.1. The Bertz CT molecular complexity index is 311. The van der Waals surface area contributed by atoms with Gasteiger partial charge in [-0.15, -0.1) is 0 Å². The molecule has 0 aliphatic heterocycles. The van der Waals surface area contributed by atoms with Crippen LogP contribution in [-0.2, 0) is 16.6 Å². The highest BCUT2D eigenvalue weighted by Gasteiger charge is 2.01. The van der Waals surface area contributed by atoms with E-state index in [0.29, 0.717) is 19.0 Å². The van der Waals surface area contributed by atoms with Gasteiger partial charge in [0, 0.05) is 33.0 Å². The molecule has 1 amide bonds. The third-order valence-corrected chi connectivity index (χ3v) is 1.77. The van der Waals surface area contributed by atoms with Gasteiger partial charge in [-0.2, -0.15) is 5.10 Å². The fourth-order valence-corrected chi connectivity index (χ4v) is 1.04. The van der Waals surface area contributed by atoms with Gasteiger partial charge in [-0.3, -0.25) is 9.48 Å². The zero-order valence-electron chi connectivity index (χ0n) is 8.99. The van der Waals surface area contributed by atoms with Crippen LogP contribution in [0.5, 0.6) is 0 Å². The Hall–Kier alpha value is -1.56. The first-order valence-corrected chi connectivity index (χ1v) is 4.71. The molecule has 0 saturated heterocycles. The van der Waals surface area contributed by atoms with Gasteiger partial charge in [0.15, 0.2) is 0 Å². The van der Waals surface area contributed by atoms with Crippen LogP contribution in [0.25, 0.3) is 0 Å². The van der Waals surface area contributed by atoms with Gasteiger partial charge in [0.1, 0.15) is 5.82 Å². The van der Waals surface area contributed by atoms with Crippen LogP contribution < -0.4 is 10.6 Å². The lowest BCUT2D eigenvalue weighted by atomic mass is 10.5. The number of hydrogen-bond acceptors (Lipinski definition) is 4. The molecule has 0 aromatic carbocycles. The number of nitrogens with zero attached hydrogens (tertiary/aromatic N) is 2. The van der Waals surface area contributed by atoms with Crippen molar-refractivity contribution >= 4 is 11.7 Å². The van der Waals surface area contributed by atoms with Gasteiger partial charge in [0.05, 0.1) is 13.2 Å². The minimum atomic E-state index is -0.0716. The molecule has 2 N–H and O–H groups in total. The van der Waals surface area contributed by atoms with Gasteiger partial charge >= 0.3 is 0 Å². The second-order valence-electron chi connectivity index (χ2n) is 3.07. The fourth-order valence-electron chi connectivity index (χ4n) is 1.04. The second-order valence-corrected chi connectivity index (χ2v) is 3.07. The first kappa shape index (κ1) is 11.5. The molecule has 1 aromatic rings. The van der Waals surface area contributed by atoms with Gasteiger partial charge in [-0.1, -0.05) is 0 Å². The van der Waals surface area contributed by atoms with E-state index in [4.69, 9.17) is 4.74 Å². The monoisotopic (exact) mass is 212 g/mol. The molecule has 15 heavy (non-hydrogen) atoms. The second kappa shape index (κ2) is 6.02. The van der Waals surface area contributed by atoms with Crippen molar-refractivity contribution in [1.82, 2.24) is 15.1 Å². The lowest BCUT2D eigenvalue weighted by Crippen LogP contribution is -2.32. The number of ether oxygens (including phenoxy) is 1. The summed E-state index contributed by atoms with van der Waals surface area (Å²) < 4.78 is 6.48. The lowest BCUT2D eigenvalue weighted by Gasteiger charge is -2.04. The van der Waals surface area contributed by atoms with E-state index < -0.39 is 0 Å². The Balaban J connectivity index is 2.16. The van der Waals surface area contributed by atoms with Crippen LogP contribution >= 0.6 is 0 Å². The number of anilines is 1. The van der Waals surface area contributed by atoms with Crippen molar-refractivity contribution in [3.8, 4) is 0 Å². The zero-order valence-corrected chi connectivity index (χ0v) is 8.99. The van der Waals surface area contributed by atoms with Crippen LogP contribution in [0, 0.1) is 0 Å². The maximum Gasteiger partial charge on any atom is 0.239 e. The number of methoxy groups -OCH3 is 1. The Kier molecular flexibility index (Phi) is 4.62. The van der Waals surface area contributed by atoms with E-state index in [-0.39, 0.29) is 12.5 Å². The Morgan fingerprint density at radius 2 is 2.47 bits per heavy atom. The van der Waals surface area contributed by atoms with E-state index in [1.807, 2.05) is 19.3 Å². The van der Waals surface area contributed by atoms with E-state index in [9.17, 15) is 4.79 Å². The average Bonchev–Trinajstić information content (AvgIpc) is 2.62. The molecular weight excluding hydrogens is 196 g/mol. The molecule has 0 aliphatic carbocycles. The first-order chi connectivity index (χ1) is 7.22. The molecule has 0 saturated carbocycles. The number of carbonyl (C=O) groups excluding carboxylic acids is 1. The van der Waals surface area contributed by atoms with Gasteiger partial charge in [-0.05, 0) is 0 Å². The first-order valence-electron chi connectivity index (χ1n) is 4.71. The number of carbonyl (C=O) groups is 1. The standard InChI is InChI=1S/C9H16N4O2/c1-13-5-3-8(12-13)11-7-9(14)10-4-6-15-2/h3,5H,4,6-7H2,1-2H3,(H,10,14)(H,11,12). The molecule has 0 spiro atoms. The van der Waals surface area contributed by atoms with Gasteiger partial charge in [0.25, 0.3) is 0 Å². The summed E-state index contributed by atoms with van der Waals surface area (Å²) in [7, 11) is 3.42. The average molecular weight is 212 g/mol. The largest absolute Gasteiger partial charge is 0.383 e. The molecule has 1 heterocycles. The summed E-state index contributed by atoms with van der Waals surface area (Å²) in [5.41, 5.74) is 0. The smallest absolute Gasteiger partial charge is 0.239 e. The highest BCUT2D eigenvalue weighted by atomic mass is 16.5. The summed E-state index contributed by atoms with van der Waals surface area (Å²) in [5.74, 6) is 0.622. The highest BCUT2D eigenvalue weighted by molar-refractivity contribution is 5.80. The molecule has 1 rings (SSSR count). The van der Waals surface area contributed by atoms with E-state index in [0.717, 1.165) is 0 Å².